The van der Waals surface area contributed by atoms with Crippen molar-refractivity contribution < 1.29 is 0 Å². The van der Waals surface area contributed by atoms with Crippen molar-refractivity contribution in [2.24, 2.45) is 5.92 Å². The lowest BCUT2D eigenvalue weighted by molar-refractivity contribution is 0.0609. The van der Waals surface area contributed by atoms with E-state index in [1.165, 1.54) is 25.9 Å². The molecule has 1 aliphatic heterocycles. The Morgan fingerprint density at radius 3 is 2.60 bits per heavy atom. The minimum atomic E-state index is 0.334. The number of hydrogen-bond acceptors (Lipinski definition) is 2. The maximum Gasteiger partial charge on any atom is 0.0278 e. The summed E-state index contributed by atoms with van der Waals surface area (Å²) in [5, 5.41) is 3.63. The summed E-state index contributed by atoms with van der Waals surface area (Å²) in [5.41, 5.74) is 0.334. The smallest absolute Gasteiger partial charge is 0.0278 e. The third kappa shape index (κ3) is 3.76. The molecular weight excluding hydrogens is 184 g/mol. The molecule has 0 spiro atoms. The minimum Gasteiger partial charge on any atom is -0.311 e. The zero-order chi connectivity index (χ0) is 11.5. The van der Waals surface area contributed by atoms with Gasteiger partial charge >= 0.3 is 0 Å². The highest BCUT2D eigenvalue weighted by atomic mass is 15.3. The van der Waals surface area contributed by atoms with Crippen molar-refractivity contribution in [3.05, 3.63) is 0 Å². The molecule has 0 aliphatic carbocycles. The highest BCUT2D eigenvalue weighted by Crippen LogP contribution is 2.20. The van der Waals surface area contributed by atoms with Gasteiger partial charge in [0.25, 0.3) is 0 Å². The largest absolute Gasteiger partial charge is 0.311 e. The summed E-state index contributed by atoms with van der Waals surface area (Å²) in [7, 11) is 0. The molecule has 1 fully saturated rings. The molecule has 0 radical (unpaired) electrons. The monoisotopic (exact) mass is 212 g/mol. The van der Waals surface area contributed by atoms with Gasteiger partial charge in [0.1, 0.15) is 0 Å². The lowest BCUT2D eigenvalue weighted by Crippen LogP contribution is -2.61. The van der Waals surface area contributed by atoms with Gasteiger partial charge in [-0.25, -0.2) is 0 Å². The predicted octanol–water partition coefficient (Wildman–Crippen LogP) is 2.49. The van der Waals surface area contributed by atoms with Gasteiger partial charge in [-0.3, -0.25) is 4.90 Å². The fourth-order valence-corrected chi connectivity index (χ4v) is 2.17. The van der Waals surface area contributed by atoms with E-state index in [9.17, 15) is 0 Å². The first kappa shape index (κ1) is 13.0. The average Bonchev–Trinajstić information content (AvgIpc) is 2.15. The third-order valence-corrected chi connectivity index (χ3v) is 3.59. The van der Waals surface area contributed by atoms with Gasteiger partial charge in [-0.2, -0.15) is 0 Å². The van der Waals surface area contributed by atoms with Crippen LogP contribution in [0, 0.1) is 5.92 Å². The number of piperazine rings is 1. The fourth-order valence-electron chi connectivity index (χ4n) is 2.17. The highest BCUT2D eigenvalue weighted by Gasteiger charge is 2.32. The van der Waals surface area contributed by atoms with E-state index < -0.39 is 0 Å². The second kappa shape index (κ2) is 5.31. The van der Waals surface area contributed by atoms with Crippen molar-refractivity contribution in [3.63, 3.8) is 0 Å². The van der Waals surface area contributed by atoms with Crippen molar-refractivity contribution in [3.8, 4) is 0 Å². The summed E-state index contributed by atoms with van der Waals surface area (Å²) in [6.45, 7) is 15.2. The molecule has 15 heavy (non-hydrogen) atoms. The zero-order valence-electron chi connectivity index (χ0n) is 11.1. The SMILES string of the molecule is CCC1CN(CCC(C)C)C(C)(C)CN1. The quantitative estimate of drug-likeness (QED) is 0.770. The predicted molar refractivity (Wildman–Crippen MR) is 67.2 cm³/mol. The molecule has 90 valence electrons. The van der Waals surface area contributed by atoms with Crippen LogP contribution in [-0.2, 0) is 0 Å². The number of nitrogens with zero attached hydrogens (tertiary/aromatic N) is 1. The summed E-state index contributed by atoms with van der Waals surface area (Å²) in [5.74, 6) is 0.816. The van der Waals surface area contributed by atoms with Crippen molar-refractivity contribution in [1.82, 2.24) is 10.2 Å². The van der Waals surface area contributed by atoms with E-state index in [1.54, 1.807) is 0 Å². The second-order valence-corrected chi connectivity index (χ2v) is 5.93. The molecule has 2 heteroatoms. The first-order chi connectivity index (χ1) is 6.95. The van der Waals surface area contributed by atoms with Crippen LogP contribution < -0.4 is 5.32 Å². The van der Waals surface area contributed by atoms with Gasteiger partial charge in [0.2, 0.25) is 0 Å². The van der Waals surface area contributed by atoms with Crippen LogP contribution in [0.3, 0.4) is 0 Å². The Hall–Kier alpha value is -0.0800. The molecule has 0 amide bonds. The van der Waals surface area contributed by atoms with E-state index in [1.807, 2.05) is 0 Å². The molecule has 1 heterocycles. The number of rotatable bonds is 4. The van der Waals surface area contributed by atoms with Crippen molar-refractivity contribution in [2.45, 2.75) is 59.0 Å². The van der Waals surface area contributed by atoms with Crippen molar-refractivity contribution in [2.75, 3.05) is 19.6 Å². The molecule has 1 atom stereocenters. The first-order valence-electron chi connectivity index (χ1n) is 6.44. The van der Waals surface area contributed by atoms with Crippen LogP contribution in [0.5, 0.6) is 0 Å². The molecule has 1 rings (SSSR count). The van der Waals surface area contributed by atoms with Crippen LogP contribution in [0.1, 0.15) is 47.5 Å². The summed E-state index contributed by atoms with van der Waals surface area (Å²) < 4.78 is 0. The molecule has 1 aliphatic rings. The normalized spacial score (nSPS) is 27.2. The van der Waals surface area contributed by atoms with Crippen LogP contribution in [0.4, 0.5) is 0 Å². The van der Waals surface area contributed by atoms with Gasteiger partial charge < -0.3 is 5.32 Å². The Kier molecular flexibility index (Phi) is 4.60. The molecule has 1 unspecified atom stereocenters. The van der Waals surface area contributed by atoms with E-state index in [0.29, 0.717) is 11.6 Å². The Balaban J connectivity index is 2.48. The van der Waals surface area contributed by atoms with Crippen LogP contribution >= 0.6 is 0 Å². The number of hydrogen-bond donors (Lipinski definition) is 1. The fraction of sp³-hybridized carbons (Fsp3) is 1.00. The van der Waals surface area contributed by atoms with Crippen molar-refractivity contribution >= 4 is 0 Å². The lowest BCUT2D eigenvalue weighted by Gasteiger charge is -2.46. The Morgan fingerprint density at radius 1 is 1.40 bits per heavy atom. The van der Waals surface area contributed by atoms with Gasteiger partial charge in [-0.15, -0.1) is 0 Å². The van der Waals surface area contributed by atoms with Gasteiger partial charge in [0.15, 0.2) is 0 Å². The third-order valence-electron chi connectivity index (χ3n) is 3.59. The van der Waals surface area contributed by atoms with Crippen LogP contribution in [0.2, 0.25) is 0 Å². The topological polar surface area (TPSA) is 15.3 Å². The van der Waals surface area contributed by atoms with Gasteiger partial charge in [0, 0.05) is 24.7 Å². The summed E-state index contributed by atoms with van der Waals surface area (Å²) in [6.07, 6.45) is 2.56. The molecule has 0 aromatic carbocycles. The van der Waals surface area contributed by atoms with E-state index in [0.717, 1.165) is 12.5 Å². The Morgan fingerprint density at radius 2 is 2.07 bits per heavy atom. The maximum absolute atomic E-state index is 3.63. The summed E-state index contributed by atoms with van der Waals surface area (Å²) >= 11 is 0. The molecule has 0 bridgehead atoms. The molecule has 0 aromatic rings. The summed E-state index contributed by atoms with van der Waals surface area (Å²) in [4.78, 5) is 2.66. The molecule has 2 nitrogen and oxygen atoms in total. The molecule has 1 N–H and O–H groups in total. The highest BCUT2D eigenvalue weighted by molar-refractivity contribution is 4.92. The maximum atomic E-state index is 3.63. The Bertz CT molecular complexity index is 187. The average molecular weight is 212 g/mol. The molecule has 0 saturated carbocycles. The van der Waals surface area contributed by atoms with Crippen LogP contribution in [0.15, 0.2) is 0 Å². The zero-order valence-corrected chi connectivity index (χ0v) is 11.1. The van der Waals surface area contributed by atoms with Gasteiger partial charge in [-0.05, 0) is 39.2 Å². The standard InChI is InChI=1S/C13H28N2/c1-6-12-9-15(8-7-11(2)3)13(4,5)10-14-12/h11-12,14H,6-10H2,1-5H3. The van der Waals surface area contributed by atoms with Crippen LogP contribution in [0.25, 0.3) is 0 Å². The van der Waals surface area contributed by atoms with Crippen LogP contribution in [-0.4, -0.2) is 36.1 Å². The second-order valence-electron chi connectivity index (χ2n) is 5.93. The van der Waals surface area contributed by atoms with E-state index in [-0.39, 0.29) is 0 Å². The first-order valence-corrected chi connectivity index (χ1v) is 6.44. The van der Waals surface area contributed by atoms with Gasteiger partial charge in [-0.1, -0.05) is 20.8 Å². The lowest BCUT2D eigenvalue weighted by atomic mass is 9.95. The van der Waals surface area contributed by atoms with E-state index in [4.69, 9.17) is 0 Å². The molecule has 0 aromatic heterocycles. The summed E-state index contributed by atoms with van der Waals surface area (Å²) in [6, 6.07) is 0.699. The van der Waals surface area contributed by atoms with E-state index >= 15 is 0 Å². The molecular formula is C13H28N2. The minimum absolute atomic E-state index is 0.334. The Labute approximate surface area is 95.4 Å². The van der Waals surface area contributed by atoms with Gasteiger partial charge in [0.05, 0.1) is 0 Å². The van der Waals surface area contributed by atoms with E-state index in [2.05, 4.69) is 44.8 Å². The number of nitrogens with one attached hydrogen (secondary N) is 1. The van der Waals surface area contributed by atoms with Crippen molar-refractivity contribution in [1.29, 1.82) is 0 Å². The molecule has 1 saturated heterocycles.